The molecule has 3 rings (SSSR count). The molecule has 0 aliphatic carbocycles. The number of thiophene rings is 1. The van der Waals surface area contributed by atoms with Crippen LogP contribution in [0.2, 0.25) is 5.02 Å². The van der Waals surface area contributed by atoms with E-state index in [1.807, 2.05) is 18.3 Å². The Morgan fingerprint density at radius 1 is 1.10 bits per heavy atom. The van der Waals surface area contributed by atoms with E-state index in [1.54, 1.807) is 11.3 Å². The minimum absolute atomic E-state index is 0.798. The summed E-state index contributed by atoms with van der Waals surface area (Å²) in [4.78, 5) is 3.67. The Balaban J connectivity index is 1.47. The molecule has 1 aromatic carbocycles. The number of rotatable bonds is 4. The van der Waals surface area contributed by atoms with Gasteiger partial charge in [0.15, 0.2) is 0 Å². The lowest BCUT2D eigenvalue weighted by molar-refractivity contribution is 0.131. The topological polar surface area (TPSA) is 18.8 Å². The van der Waals surface area contributed by atoms with Gasteiger partial charge in [-0.25, -0.2) is 0 Å². The van der Waals surface area contributed by atoms with Gasteiger partial charge in [-0.15, -0.1) is 11.3 Å². The highest BCUT2D eigenvalue weighted by Gasteiger charge is 2.15. The summed E-state index contributed by atoms with van der Waals surface area (Å²) in [6.45, 7) is 5.04. The summed E-state index contributed by atoms with van der Waals surface area (Å²) in [5.41, 5.74) is 1.31. The Morgan fingerprint density at radius 3 is 2.52 bits per heavy atom. The molecule has 0 N–H and O–H groups in total. The molecule has 0 atom stereocenters. The van der Waals surface area contributed by atoms with Crippen LogP contribution in [0.25, 0.3) is 0 Å². The molecule has 110 valence electrons. The second-order valence-corrected chi connectivity index (χ2v) is 6.53. The molecule has 5 heteroatoms. The molecule has 0 unspecified atom stereocenters. The zero-order chi connectivity index (χ0) is 14.5. The summed E-state index contributed by atoms with van der Waals surface area (Å²) >= 11 is 7.63. The molecule has 1 fully saturated rings. The summed E-state index contributed by atoms with van der Waals surface area (Å²) in [5, 5.41) is 9.58. The first-order valence-electron chi connectivity index (χ1n) is 7.09. The van der Waals surface area contributed by atoms with Gasteiger partial charge in [0.25, 0.3) is 0 Å². The monoisotopic (exact) mass is 319 g/mol. The van der Waals surface area contributed by atoms with Crippen molar-refractivity contribution in [2.75, 3.05) is 26.2 Å². The van der Waals surface area contributed by atoms with Crippen LogP contribution < -0.4 is 0 Å². The minimum atomic E-state index is 0.798. The van der Waals surface area contributed by atoms with Crippen LogP contribution in [0.5, 0.6) is 0 Å². The number of hydrogen-bond acceptors (Lipinski definition) is 4. The number of hydrogen-bond donors (Lipinski definition) is 0. The first kappa shape index (κ1) is 14.6. The molecular formula is C16H18ClN3S. The standard InChI is InChI=1S/C16H18ClN3S/c17-15-5-3-14(4-6-15)13-19-7-9-20(10-8-19)18-12-16-2-1-11-21-16/h1-6,11-12H,7-10,13H2. The van der Waals surface area contributed by atoms with Crippen LogP contribution in [0.1, 0.15) is 10.4 Å². The van der Waals surface area contributed by atoms with E-state index in [2.05, 4.69) is 44.7 Å². The van der Waals surface area contributed by atoms with Gasteiger partial charge in [-0.1, -0.05) is 29.8 Å². The fourth-order valence-electron chi connectivity index (χ4n) is 2.36. The first-order valence-corrected chi connectivity index (χ1v) is 8.34. The van der Waals surface area contributed by atoms with E-state index in [-0.39, 0.29) is 0 Å². The molecule has 3 nitrogen and oxygen atoms in total. The summed E-state index contributed by atoms with van der Waals surface area (Å²) in [5.74, 6) is 0. The van der Waals surface area contributed by atoms with Crippen molar-refractivity contribution in [1.82, 2.24) is 9.91 Å². The van der Waals surface area contributed by atoms with Crippen molar-refractivity contribution >= 4 is 29.2 Å². The van der Waals surface area contributed by atoms with Crippen molar-refractivity contribution in [2.24, 2.45) is 5.10 Å². The van der Waals surface area contributed by atoms with Crippen LogP contribution in [-0.2, 0) is 6.54 Å². The minimum Gasteiger partial charge on any atom is -0.295 e. The summed E-state index contributed by atoms with van der Waals surface area (Å²) in [7, 11) is 0. The van der Waals surface area contributed by atoms with Crippen molar-refractivity contribution in [2.45, 2.75) is 6.54 Å². The van der Waals surface area contributed by atoms with E-state index >= 15 is 0 Å². The van der Waals surface area contributed by atoms with Gasteiger partial charge in [0, 0.05) is 42.6 Å². The van der Waals surface area contributed by atoms with Crippen molar-refractivity contribution in [1.29, 1.82) is 0 Å². The first-order chi connectivity index (χ1) is 10.3. The van der Waals surface area contributed by atoms with Gasteiger partial charge < -0.3 is 0 Å². The second-order valence-electron chi connectivity index (χ2n) is 5.12. The van der Waals surface area contributed by atoms with E-state index < -0.39 is 0 Å². The Bertz CT molecular complexity index is 572. The van der Waals surface area contributed by atoms with Crippen LogP contribution in [-0.4, -0.2) is 42.3 Å². The Kier molecular flexibility index (Phi) is 4.91. The van der Waals surface area contributed by atoms with Crippen molar-refractivity contribution in [3.63, 3.8) is 0 Å². The fraction of sp³-hybridized carbons (Fsp3) is 0.312. The average molecular weight is 320 g/mol. The quantitative estimate of drug-likeness (QED) is 0.803. The molecule has 21 heavy (non-hydrogen) atoms. The second kappa shape index (κ2) is 7.07. The van der Waals surface area contributed by atoms with Crippen molar-refractivity contribution in [3.05, 3.63) is 57.2 Å². The fourth-order valence-corrected chi connectivity index (χ4v) is 3.07. The smallest absolute Gasteiger partial charge is 0.0642 e. The molecule has 0 radical (unpaired) electrons. The molecule has 1 saturated heterocycles. The third-order valence-corrected chi connectivity index (χ3v) is 4.62. The lowest BCUT2D eigenvalue weighted by Gasteiger charge is -2.33. The van der Waals surface area contributed by atoms with E-state index in [9.17, 15) is 0 Å². The molecule has 2 aromatic rings. The predicted octanol–water partition coefficient (Wildman–Crippen LogP) is 3.55. The van der Waals surface area contributed by atoms with Crippen LogP contribution in [0.3, 0.4) is 0 Å². The number of halogens is 1. The highest BCUT2D eigenvalue weighted by atomic mass is 35.5. The molecular weight excluding hydrogens is 302 g/mol. The number of piperazine rings is 1. The molecule has 2 heterocycles. The number of benzene rings is 1. The van der Waals surface area contributed by atoms with Crippen LogP contribution in [0, 0.1) is 0 Å². The SMILES string of the molecule is Clc1ccc(CN2CCN(N=Cc3cccs3)CC2)cc1. The van der Waals surface area contributed by atoms with E-state index in [1.165, 1.54) is 10.4 Å². The zero-order valence-corrected chi connectivity index (χ0v) is 13.4. The Labute approximate surface area is 134 Å². The van der Waals surface area contributed by atoms with E-state index in [0.29, 0.717) is 0 Å². The maximum Gasteiger partial charge on any atom is 0.0642 e. The van der Waals surface area contributed by atoms with Gasteiger partial charge >= 0.3 is 0 Å². The summed E-state index contributed by atoms with van der Waals surface area (Å²) in [6.07, 6.45) is 1.96. The van der Waals surface area contributed by atoms with Gasteiger partial charge in [-0.2, -0.15) is 5.10 Å². The number of nitrogens with zero attached hydrogens (tertiary/aromatic N) is 3. The summed E-state index contributed by atoms with van der Waals surface area (Å²) in [6, 6.07) is 12.3. The van der Waals surface area contributed by atoms with Crippen LogP contribution in [0.4, 0.5) is 0 Å². The van der Waals surface area contributed by atoms with Crippen molar-refractivity contribution < 1.29 is 0 Å². The highest BCUT2D eigenvalue weighted by molar-refractivity contribution is 7.11. The number of hydrazone groups is 1. The summed E-state index contributed by atoms with van der Waals surface area (Å²) < 4.78 is 0. The van der Waals surface area contributed by atoms with E-state index in [4.69, 9.17) is 11.6 Å². The Morgan fingerprint density at radius 2 is 1.86 bits per heavy atom. The van der Waals surface area contributed by atoms with Gasteiger partial charge in [0.2, 0.25) is 0 Å². The molecule has 0 amide bonds. The molecule has 1 aliphatic rings. The molecule has 1 aliphatic heterocycles. The maximum atomic E-state index is 5.92. The van der Waals surface area contributed by atoms with Crippen LogP contribution >= 0.6 is 22.9 Å². The molecule has 0 bridgehead atoms. The van der Waals surface area contributed by atoms with E-state index in [0.717, 1.165) is 37.7 Å². The predicted molar refractivity (Wildman–Crippen MR) is 90.2 cm³/mol. The average Bonchev–Trinajstić information content (AvgIpc) is 3.02. The van der Waals surface area contributed by atoms with Gasteiger partial charge in [-0.3, -0.25) is 9.91 Å². The Hall–Kier alpha value is -1.36. The molecule has 1 aromatic heterocycles. The maximum absolute atomic E-state index is 5.92. The lowest BCUT2D eigenvalue weighted by atomic mass is 10.2. The lowest BCUT2D eigenvalue weighted by Crippen LogP contribution is -2.43. The van der Waals surface area contributed by atoms with Gasteiger partial charge in [0.05, 0.1) is 6.21 Å². The van der Waals surface area contributed by atoms with Crippen molar-refractivity contribution in [3.8, 4) is 0 Å². The zero-order valence-electron chi connectivity index (χ0n) is 11.8. The van der Waals surface area contributed by atoms with Crippen LogP contribution in [0.15, 0.2) is 46.9 Å². The normalized spacial score (nSPS) is 16.7. The molecule has 0 spiro atoms. The third-order valence-electron chi connectivity index (χ3n) is 3.56. The van der Waals surface area contributed by atoms with Gasteiger partial charge in [-0.05, 0) is 29.1 Å². The molecule has 0 saturated carbocycles. The van der Waals surface area contributed by atoms with Gasteiger partial charge in [0.1, 0.15) is 0 Å². The third kappa shape index (κ3) is 4.30. The largest absolute Gasteiger partial charge is 0.295 e. The highest BCUT2D eigenvalue weighted by Crippen LogP contribution is 2.13.